The number of aliphatic hydroxyl groups is 1. The molecule has 4 rings (SSSR count). The maximum atomic E-state index is 10.4. The summed E-state index contributed by atoms with van der Waals surface area (Å²) in [6.45, 7) is 4.60. The minimum absolute atomic E-state index is 0.396. The Bertz CT molecular complexity index is 850. The zero-order valence-electron chi connectivity index (χ0n) is 15.7. The molecule has 28 heavy (non-hydrogen) atoms. The summed E-state index contributed by atoms with van der Waals surface area (Å²) in [5.41, 5.74) is 2.29. The van der Waals surface area contributed by atoms with E-state index in [1.807, 2.05) is 36.4 Å². The largest absolute Gasteiger partial charge is 0.391 e. The Morgan fingerprint density at radius 3 is 2.36 bits per heavy atom. The summed E-state index contributed by atoms with van der Waals surface area (Å²) >= 11 is 1.49. The molecular weight excluding hydrogens is 370 g/mol. The van der Waals surface area contributed by atoms with E-state index in [1.165, 1.54) is 17.4 Å². The Morgan fingerprint density at radius 2 is 1.64 bits per heavy atom. The minimum atomic E-state index is -0.396. The van der Waals surface area contributed by atoms with Crippen LogP contribution in [0.15, 0.2) is 65.8 Å². The van der Waals surface area contributed by atoms with E-state index in [2.05, 4.69) is 49.2 Å². The van der Waals surface area contributed by atoms with Gasteiger partial charge in [-0.3, -0.25) is 10.00 Å². The van der Waals surface area contributed by atoms with Crippen LogP contribution in [0.4, 0.5) is 5.69 Å². The number of β-amino-alcohol motifs (C(OH)–C–C–N with tert-alkyl or cyclic N) is 1. The predicted octanol–water partition coefficient (Wildman–Crippen LogP) is 2.75. The monoisotopic (exact) mass is 395 g/mol. The van der Waals surface area contributed by atoms with Crippen LogP contribution in [0, 0.1) is 0 Å². The van der Waals surface area contributed by atoms with Gasteiger partial charge in [0.2, 0.25) is 5.16 Å². The van der Waals surface area contributed by atoms with Gasteiger partial charge in [0.15, 0.2) is 5.82 Å². The van der Waals surface area contributed by atoms with E-state index in [4.69, 9.17) is 0 Å². The lowest BCUT2D eigenvalue weighted by Crippen LogP contribution is -2.48. The van der Waals surface area contributed by atoms with E-state index in [0.29, 0.717) is 17.5 Å². The number of nitrogens with one attached hydrogen (secondary N) is 1. The minimum Gasteiger partial charge on any atom is -0.391 e. The fraction of sp³-hybridized carbons (Fsp3) is 0.333. The van der Waals surface area contributed by atoms with Crippen LogP contribution in [0.1, 0.15) is 0 Å². The number of piperazine rings is 1. The van der Waals surface area contributed by atoms with E-state index in [-0.39, 0.29) is 0 Å². The topological polar surface area (TPSA) is 68.3 Å². The van der Waals surface area contributed by atoms with Crippen LogP contribution in [0.25, 0.3) is 11.4 Å². The van der Waals surface area contributed by atoms with Gasteiger partial charge in [0, 0.05) is 49.7 Å². The standard InChI is InChI=1S/C21H25N5OS/c27-19(15-25-11-13-26(14-12-25)18-9-5-2-6-10-18)16-28-21-22-20(23-24-21)17-7-3-1-4-8-17/h1-10,19,27H,11-16H2,(H,22,23,24). The molecule has 3 aromatic rings. The highest BCUT2D eigenvalue weighted by molar-refractivity contribution is 7.99. The molecule has 2 N–H and O–H groups in total. The number of anilines is 1. The van der Waals surface area contributed by atoms with Crippen LogP contribution in [-0.2, 0) is 0 Å². The quantitative estimate of drug-likeness (QED) is 0.600. The van der Waals surface area contributed by atoms with Crippen molar-refractivity contribution in [2.45, 2.75) is 11.3 Å². The molecule has 2 heterocycles. The molecule has 1 atom stereocenters. The number of hydrogen-bond donors (Lipinski definition) is 2. The second-order valence-electron chi connectivity index (χ2n) is 6.92. The first-order valence-corrected chi connectivity index (χ1v) is 10.6. The van der Waals surface area contributed by atoms with Crippen molar-refractivity contribution in [3.63, 3.8) is 0 Å². The molecule has 2 aromatic carbocycles. The summed E-state index contributed by atoms with van der Waals surface area (Å²) in [7, 11) is 0. The number of rotatable bonds is 7. The number of aromatic amines is 1. The summed E-state index contributed by atoms with van der Waals surface area (Å²) in [5.74, 6) is 1.35. The average molecular weight is 396 g/mol. The van der Waals surface area contributed by atoms with Crippen molar-refractivity contribution in [3.8, 4) is 11.4 Å². The summed E-state index contributed by atoms with van der Waals surface area (Å²) in [6, 6.07) is 20.4. The number of para-hydroxylation sites is 1. The molecule has 0 saturated carbocycles. The van der Waals surface area contributed by atoms with Crippen LogP contribution < -0.4 is 4.90 Å². The zero-order chi connectivity index (χ0) is 19.2. The zero-order valence-corrected chi connectivity index (χ0v) is 16.6. The highest BCUT2D eigenvalue weighted by Gasteiger charge is 2.20. The Hall–Kier alpha value is -2.35. The van der Waals surface area contributed by atoms with E-state index < -0.39 is 6.10 Å². The van der Waals surface area contributed by atoms with Gasteiger partial charge in [-0.1, -0.05) is 60.3 Å². The fourth-order valence-corrected chi connectivity index (χ4v) is 4.10. The normalized spacial score (nSPS) is 16.2. The number of thioether (sulfide) groups is 1. The van der Waals surface area contributed by atoms with Gasteiger partial charge in [0.05, 0.1) is 6.10 Å². The van der Waals surface area contributed by atoms with Crippen molar-refractivity contribution in [1.82, 2.24) is 20.1 Å². The summed E-state index contributed by atoms with van der Waals surface area (Å²) in [5, 5.41) is 18.3. The Kier molecular flexibility index (Phi) is 6.26. The molecule has 0 radical (unpaired) electrons. The fourth-order valence-electron chi connectivity index (χ4n) is 3.39. The molecule has 1 unspecified atom stereocenters. The molecule has 0 bridgehead atoms. The summed E-state index contributed by atoms with van der Waals surface area (Å²) in [6.07, 6.45) is -0.396. The van der Waals surface area contributed by atoms with Crippen LogP contribution in [0.3, 0.4) is 0 Å². The Labute approximate surface area is 169 Å². The number of benzene rings is 2. The molecule has 6 nitrogen and oxygen atoms in total. The van der Waals surface area contributed by atoms with E-state index in [9.17, 15) is 5.11 Å². The number of aliphatic hydroxyl groups excluding tert-OH is 1. The smallest absolute Gasteiger partial charge is 0.208 e. The summed E-state index contributed by atoms with van der Waals surface area (Å²) in [4.78, 5) is 9.24. The van der Waals surface area contributed by atoms with Gasteiger partial charge < -0.3 is 10.0 Å². The first-order chi connectivity index (χ1) is 13.8. The molecule has 7 heteroatoms. The lowest BCUT2D eigenvalue weighted by Gasteiger charge is -2.36. The molecular formula is C21H25N5OS. The van der Waals surface area contributed by atoms with Crippen LogP contribution in [0.5, 0.6) is 0 Å². The molecule has 0 spiro atoms. The van der Waals surface area contributed by atoms with Crippen molar-refractivity contribution in [3.05, 3.63) is 60.7 Å². The molecule has 1 fully saturated rings. The third-order valence-corrected chi connectivity index (χ3v) is 5.87. The molecule has 1 aliphatic rings. The van der Waals surface area contributed by atoms with Crippen molar-refractivity contribution in [1.29, 1.82) is 0 Å². The average Bonchev–Trinajstić information content (AvgIpc) is 3.23. The lowest BCUT2D eigenvalue weighted by molar-refractivity contribution is 0.126. The van der Waals surface area contributed by atoms with Crippen molar-refractivity contribution in [2.75, 3.05) is 43.4 Å². The third-order valence-electron chi connectivity index (χ3n) is 4.88. The van der Waals surface area contributed by atoms with Gasteiger partial charge in [0.25, 0.3) is 0 Å². The van der Waals surface area contributed by atoms with Crippen LogP contribution in [0.2, 0.25) is 0 Å². The van der Waals surface area contributed by atoms with Gasteiger partial charge >= 0.3 is 0 Å². The van der Waals surface area contributed by atoms with Gasteiger partial charge in [-0.25, -0.2) is 4.98 Å². The third kappa shape index (κ3) is 4.92. The maximum absolute atomic E-state index is 10.4. The van der Waals surface area contributed by atoms with Crippen LogP contribution in [-0.4, -0.2) is 69.8 Å². The van der Waals surface area contributed by atoms with Gasteiger partial charge in [-0.05, 0) is 12.1 Å². The van der Waals surface area contributed by atoms with E-state index in [0.717, 1.165) is 37.6 Å². The highest BCUT2D eigenvalue weighted by atomic mass is 32.2. The Balaban J connectivity index is 1.21. The molecule has 0 aliphatic carbocycles. The van der Waals surface area contributed by atoms with Crippen molar-refractivity contribution >= 4 is 17.4 Å². The Morgan fingerprint density at radius 1 is 0.964 bits per heavy atom. The van der Waals surface area contributed by atoms with Gasteiger partial charge in [0.1, 0.15) is 0 Å². The summed E-state index contributed by atoms with van der Waals surface area (Å²) < 4.78 is 0. The first-order valence-electron chi connectivity index (χ1n) is 9.59. The predicted molar refractivity (Wildman–Crippen MR) is 114 cm³/mol. The molecule has 1 saturated heterocycles. The molecule has 1 aromatic heterocycles. The van der Waals surface area contributed by atoms with E-state index in [1.54, 1.807) is 0 Å². The van der Waals surface area contributed by atoms with Crippen molar-refractivity contribution < 1.29 is 5.11 Å². The van der Waals surface area contributed by atoms with Crippen molar-refractivity contribution in [2.24, 2.45) is 0 Å². The number of aromatic nitrogens is 3. The van der Waals surface area contributed by atoms with E-state index >= 15 is 0 Å². The second-order valence-corrected chi connectivity index (χ2v) is 7.91. The number of H-pyrrole nitrogens is 1. The van der Waals surface area contributed by atoms with Gasteiger partial charge in [-0.2, -0.15) is 0 Å². The van der Waals surface area contributed by atoms with Crippen LogP contribution >= 0.6 is 11.8 Å². The lowest BCUT2D eigenvalue weighted by atomic mass is 10.2. The highest BCUT2D eigenvalue weighted by Crippen LogP contribution is 2.20. The SMILES string of the molecule is OC(CSc1n[nH]c(-c2ccccc2)n1)CN1CCN(c2ccccc2)CC1. The van der Waals surface area contributed by atoms with Gasteiger partial charge in [-0.15, -0.1) is 5.10 Å². The number of nitrogens with zero attached hydrogens (tertiary/aromatic N) is 4. The molecule has 0 amide bonds. The molecule has 1 aliphatic heterocycles. The maximum Gasteiger partial charge on any atom is 0.208 e. The first kappa shape index (κ1) is 19.0. The molecule has 146 valence electrons. The number of hydrogen-bond acceptors (Lipinski definition) is 6. The second kappa shape index (κ2) is 9.23.